The van der Waals surface area contributed by atoms with Gasteiger partial charge in [-0.05, 0) is 0 Å². The van der Waals surface area contributed by atoms with Crippen molar-refractivity contribution in [3.05, 3.63) is 12.2 Å². The zero-order chi connectivity index (χ0) is 13.6. The predicted molar refractivity (Wildman–Crippen MR) is 71.2 cm³/mol. The summed E-state index contributed by atoms with van der Waals surface area (Å²) in [7, 11) is -3.21. The summed E-state index contributed by atoms with van der Waals surface area (Å²) < 4.78 is 26.2. The molecule has 0 saturated carbocycles. The summed E-state index contributed by atoms with van der Waals surface area (Å²) in [5, 5.41) is 9.64. The van der Waals surface area contributed by atoms with Crippen LogP contribution in [0.25, 0.3) is 0 Å². The predicted octanol–water partition coefficient (Wildman–Crippen LogP) is -1.83. The lowest BCUT2D eigenvalue weighted by atomic mass is 10.4. The summed E-state index contributed by atoms with van der Waals surface area (Å²) in [6.45, 7) is 4.61. The SMILES string of the molecule is O=S(=O)(CCN1CCNCC1)NCCc1ncn[nH]1. The van der Waals surface area contributed by atoms with E-state index in [1.807, 2.05) is 0 Å². The van der Waals surface area contributed by atoms with Crippen LogP contribution in [0.15, 0.2) is 6.33 Å². The Morgan fingerprint density at radius 2 is 2.16 bits per heavy atom. The first kappa shape index (κ1) is 14.4. The van der Waals surface area contributed by atoms with E-state index in [1.54, 1.807) is 0 Å². The third-order valence-electron chi connectivity index (χ3n) is 3.03. The molecule has 0 bridgehead atoms. The van der Waals surface area contributed by atoms with Gasteiger partial charge in [-0.25, -0.2) is 18.1 Å². The van der Waals surface area contributed by atoms with Gasteiger partial charge in [0.1, 0.15) is 12.2 Å². The van der Waals surface area contributed by atoms with Gasteiger partial charge in [0.25, 0.3) is 0 Å². The van der Waals surface area contributed by atoms with Crippen LogP contribution in [0.5, 0.6) is 0 Å². The number of aromatic nitrogens is 3. The topological polar surface area (TPSA) is 103 Å². The summed E-state index contributed by atoms with van der Waals surface area (Å²) in [5.41, 5.74) is 0. The third kappa shape index (κ3) is 5.23. The molecule has 1 fully saturated rings. The van der Waals surface area contributed by atoms with Crippen molar-refractivity contribution in [2.75, 3.05) is 45.0 Å². The number of hydrogen-bond acceptors (Lipinski definition) is 6. The highest BCUT2D eigenvalue weighted by Crippen LogP contribution is 1.95. The number of H-pyrrole nitrogens is 1. The van der Waals surface area contributed by atoms with E-state index < -0.39 is 10.0 Å². The number of rotatable bonds is 7. The van der Waals surface area contributed by atoms with Gasteiger partial charge in [-0.3, -0.25) is 10.00 Å². The molecule has 8 nitrogen and oxygen atoms in total. The second kappa shape index (κ2) is 6.94. The van der Waals surface area contributed by atoms with Crippen molar-refractivity contribution < 1.29 is 8.42 Å². The summed E-state index contributed by atoms with van der Waals surface area (Å²) >= 11 is 0. The van der Waals surface area contributed by atoms with Crippen LogP contribution in [0.2, 0.25) is 0 Å². The van der Waals surface area contributed by atoms with Crippen molar-refractivity contribution in [1.29, 1.82) is 0 Å². The van der Waals surface area contributed by atoms with Gasteiger partial charge < -0.3 is 5.32 Å². The Bertz CT molecular complexity index is 454. The molecule has 0 atom stereocenters. The minimum atomic E-state index is -3.21. The highest BCUT2D eigenvalue weighted by Gasteiger charge is 2.15. The number of aromatic amines is 1. The first-order valence-corrected chi connectivity index (χ1v) is 8.05. The van der Waals surface area contributed by atoms with E-state index >= 15 is 0 Å². The first-order valence-electron chi connectivity index (χ1n) is 6.40. The van der Waals surface area contributed by atoms with Gasteiger partial charge in [-0.1, -0.05) is 0 Å². The fraction of sp³-hybridized carbons (Fsp3) is 0.800. The molecule has 1 aliphatic rings. The van der Waals surface area contributed by atoms with Crippen molar-refractivity contribution in [1.82, 2.24) is 30.1 Å². The van der Waals surface area contributed by atoms with Gasteiger partial charge in [0.2, 0.25) is 10.0 Å². The average molecular weight is 288 g/mol. The van der Waals surface area contributed by atoms with Crippen LogP contribution in [-0.2, 0) is 16.4 Å². The molecular formula is C10H20N6O2S. The van der Waals surface area contributed by atoms with E-state index in [4.69, 9.17) is 0 Å². The molecule has 0 spiro atoms. The Morgan fingerprint density at radius 3 is 2.84 bits per heavy atom. The van der Waals surface area contributed by atoms with Gasteiger partial charge in [0, 0.05) is 45.7 Å². The molecule has 0 amide bonds. The van der Waals surface area contributed by atoms with Gasteiger partial charge in [0.15, 0.2) is 0 Å². The van der Waals surface area contributed by atoms with E-state index in [2.05, 4.69) is 30.1 Å². The number of piperazine rings is 1. The Kier molecular flexibility index (Phi) is 5.25. The van der Waals surface area contributed by atoms with Crippen LogP contribution in [-0.4, -0.2) is 73.5 Å². The third-order valence-corrected chi connectivity index (χ3v) is 4.40. The molecule has 19 heavy (non-hydrogen) atoms. The van der Waals surface area contributed by atoms with Crippen LogP contribution in [0, 0.1) is 0 Å². The highest BCUT2D eigenvalue weighted by atomic mass is 32.2. The molecule has 9 heteroatoms. The van der Waals surface area contributed by atoms with E-state index in [0.717, 1.165) is 26.2 Å². The lowest BCUT2D eigenvalue weighted by molar-refractivity contribution is 0.253. The number of nitrogens with one attached hydrogen (secondary N) is 3. The Labute approximate surface area is 113 Å². The molecule has 1 saturated heterocycles. The van der Waals surface area contributed by atoms with Gasteiger partial charge in [-0.15, -0.1) is 0 Å². The van der Waals surface area contributed by atoms with Crippen LogP contribution in [0.1, 0.15) is 5.82 Å². The Balaban J connectivity index is 1.66. The van der Waals surface area contributed by atoms with Gasteiger partial charge >= 0.3 is 0 Å². The van der Waals surface area contributed by atoms with Crippen molar-refractivity contribution >= 4 is 10.0 Å². The minimum Gasteiger partial charge on any atom is -0.314 e. The van der Waals surface area contributed by atoms with E-state index in [0.29, 0.717) is 25.3 Å². The maximum absolute atomic E-state index is 11.8. The Morgan fingerprint density at radius 1 is 1.37 bits per heavy atom. The van der Waals surface area contributed by atoms with Crippen LogP contribution in [0.3, 0.4) is 0 Å². The minimum absolute atomic E-state index is 0.142. The van der Waals surface area contributed by atoms with Crippen LogP contribution < -0.4 is 10.0 Å². The summed E-state index contributed by atoms with van der Waals surface area (Å²) in [5.74, 6) is 0.827. The summed E-state index contributed by atoms with van der Waals surface area (Å²) in [4.78, 5) is 6.10. The molecule has 1 aromatic heterocycles. The number of hydrogen-bond donors (Lipinski definition) is 3. The van der Waals surface area contributed by atoms with Crippen molar-refractivity contribution in [2.45, 2.75) is 6.42 Å². The maximum atomic E-state index is 11.8. The van der Waals surface area contributed by atoms with Crippen molar-refractivity contribution in [3.63, 3.8) is 0 Å². The van der Waals surface area contributed by atoms with Crippen molar-refractivity contribution in [2.24, 2.45) is 0 Å². The second-order valence-corrected chi connectivity index (χ2v) is 6.41. The number of nitrogens with zero attached hydrogens (tertiary/aromatic N) is 3. The molecule has 3 N–H and O–H groups in total. The van der Waals surface area contributed by atoms with Crippen LogP contribution in [0.4, 0.5) is 0 Å². The molecule has 0 aliphatic carbocycles. The normalized spacial score (nSPS) is 17.7. The fourth-order valence-corrected chi connectivity index (χ4v) is 2.99. The van der Waals surface area contributed by atoms with E-state index in [9.17, 15) is 8.42 Å². The average Bonchev–Trinajstić information content (AvgIpc) is 2.91. The summed E-state index contributed by atoms with van der Waals surface area (Å²) in [6.07, 6.45) is 1.93. The zero-order valence-corrected chi connectivity index (χ0v) is 11.6. The monoisotopic (exact) mass is 288 g/mol. The van der Waals surface area contributed by atoms with Gasteiger partial charge in [-0.2, -0.15) is 5.10 Å². The molecule has 2 heterocycles. The molecule has 0 unspecified atom stereocenters. The largest absolute Gasteiger partial charge is 0.314 e. The second-order valence-electron chi connectivity index (χ2n) is 4.49. The van der Waals surface area contributed by atoms with E-state index in [-0.39, 0.29) is 5.75 Å². The Hall–Kier alpha value is -1.03. The summed E-state index contributed by atoms with van der Waals surface area (Å²) in [6, 6.07) is 0. The molecular weight excluding hydrogens is 268 g/mol. The lowest BCUT2D eigenvalue weighted by Gasteiger charge is -2.26. The molecule has 108 valence electrons. The lowest BCUT2D eigenvalue weighted by Crippen LogP contribution is -2.46. The zero-order valence-electron chi connectivity index (χ0n) is 10.8. The van der Waals surface area contributed by atoms with Gasteiger partial charge in [0.05, 0.1) is 5.75 Å². The molecule has 2 rings (SSSR count). The first-order chi connectivity index (χ1) is 9.16. The standard InChI is InChI=1S/C10H20N6O2S/c17-19(18,8-7-16-5-3-11-4-6-16)14-2-1-10-12-9-13-15-10/h9,11,14H,1-8H2,(H,12,13,15). The van der Waals surface area contributed by atoms with Crippen molar-refractivity contribution in [3.8, 4) is 0 Å². The quantitative estimate of drug-likeness (QED) is 0.545. The van der Waals surface area contributed by atoms with Crippen LogP contribution >= 0.6 is 0 Å². The number of sulfonamides is 1. The molecule has 0 radical (unpaired) electrons. The smallest absolute Gasteiger partial charge is 0.212 e. The maximum Gasteiger partial charge on any atom is 0.212 e. The van der Waals surface area contributed by atoms with E-state index in [1.165, 1.54) is 6.33 Å². The molecule has 1 aromatic rings. The fourth-order valence-electron chi connectivity index (χ4n) is 1.93. The highest BCUT2D eigenvalue weighted by molar-refractivity contribution is 7.89. The molecule has 1 aliphatic heterocycles. The molecule has 0 aromatic carbocycles.